The van der Waals surface area contributed by atoms with Crippen molar-refractivity contribution in [2.45, 2.75) is 97.1 Å². The van der Waals surface area contributed by atoms with Gasteiger partial charge in [-0.05, 0) is 18.4 Å². The molecule has 0 aliphatic heterocycles. The number of benzene rings is 1. The summed E-state index contributed by atoms with van der Waals surface area (Å²) in [4.78, 5) is 0. The molecule has 0 N–H and O–H groups in total. The molecule has 27 heavy (non-hydrogen) atoms. The molecule has 0 bridgehead atoms. The van der Waals surface area contributed by atoms with Crippen LogP contribution in [0.5, 0.6) is 0 Å². The Balaban J connectivity index is 2.36. The Morgan fingerprint density at radius 2 is 1.11 bits per heavy atom. The number of hydrogen-bond acceptors (Lipinski definition) is 3. The highest BCUT2D eigenvalue weighted by Crippen LogP contribution is 2.51. The van der Waals surface area contributed by atoms with Crippen molar-refractivity contribution in [1.29, 1.82) is 0 Å². The predicted octanol–water partition coefficient (Wildman–Crippen LogP) is 8.13. The van der Waals surface area contributed by atoms with Crippen LogP contribution in [0.15, 0.2) is 30.3 Å². The first kappa shape index (κ1) is 24.4. The van der Waals surface area contributed by atoms with E-state index in [0.29, 0.717) is 19.4 Å². The minimum atomic E-state index is -3.06. The number of hydrogen-bond donors (Lipinski definition) is 0. The van der Waals surface area contributed by atoms with E-state index in [0.717, 1.165) is 31.2 Å². The topological polar surface area (TPSA) is 35.5 Å². The zero-order chi connectivity index (χ0) is 19.6. The molecule has 0 saturated carbocycles. The predicted molar refractivity (Wildman–Crippen MR) is 116 cm³/mol. The maximum atomic E-state index is 13.2. The lowest BCUT2D eigenvalue weighted by atomic mass is 10.1. The van der Waals surface area contributed by atoms with Gasteiger partial charge in [0.25, 0.3) is 0 Å². The molecule has 0 amide bonds. The third-order valence-corrected chi connectivity index (χ3v) is 6.70. The lowest BCUT2D eigenvalue weighted by molar-refractivity contribution is 0.196. The van der Waals surface area contributed by atoms with Crippen molar-refractivity contribution in [3.8, 4) is 0 Å². The van der Waals surface area contributed by atoms with E-state index in [4.69, 9.17) is 9.05 Å². The number of rotatable bonds is 18. The lowest BCUT2D eigenvalue weighted by Crippen LogP contribution is -2.02. The van der Waals surface area contributed by atoms with Crippen molar-refractivity contribution in [3.05, 3.63) is 35.9 Å². The molecule has 156 valence electrons. The Labute approximate surface area is 167 Å². The molecule has 0 saturated heterocycles. The van der Waals surface area contributed by atoms with Crippen LogP contribution in [0.2, 0.25) is 0 Å². The van der Waals surface area contributed by atoms with Crippen molar-refractivity contribution in [2.75, 3.05) is 13.2 Å². The molecule has 4 heteroatoms. The fraction of sp³-hybridized carbons (Fsp3) is 0.739. The van der Waals surface area contributed by atoms with Crippen molar-refractivity contribution in [2.24, 2.45) is 0 Å². The second-order valence-electron chi connectivity index (χ2n) is 7.46. The van der Waals surface area contributed by atoms with Gasteiger partial charge < -0.3 is 9.05 Å². The third kappa shape index (κ3) is 13.2. The molecule has 0 fully saturated rings. The van der Waals surface area contributed by atoms with Gasteiger partial charge in [-0.15, -0.1) is 0 Å². The highest BCUT2D eigenvalue weighted by molar-refractivity contribution is 7.53. The van der Waals surface area contributed by atoms with Gasteiger partial charge in [0.15, 0.2) is 0 Å². The second-order valence-corrected chi connectivity index (χ2v) is 9.51. The van der Waals surface area contributed by atoms with Crippen LogP contribution >= 0.6 is 7.60 Å². The van der Waals surface area contributed by atoms with Crippen LogP contribution in [0.3, 0.4) is 0 Å². The molecule has 1 aromatic carbocycles. The quantitative estimate of drug-likeness (QED) is 0.185. The zero-order valence-electron chi connectivity index (χ0n) is 17.7. The second kappa shape index (κ2) is 16.3. The van der Waals surface area contributed by atoms with E-state index >= 15 is 0 Å². The highest BCUT2D eigenvalue weighted by atomic mass is 31.2. The molecule has 0 unspecified atom stereocenters. The van der Waals surface area contributed by atoms with E-state index in [9.17, 15) is 4.57 Å². The summed E-state index contributed by atoms with van der Waals surface area (Å²) in [7, 11) is -3.06. The molecule has 0 atom stereocenters. The van der Waals surface area contributed by atoms with Crippen LogP contribution in [0.4, 0.5) is 0 Å². The molecule has 1 aromatic rings. The van der Waals surface area contributed by atoms with Gasteiger partial charge in [0, 0.05) is 0 Å². The summed E-state index contributed by atoms with van der Waals surface area (Å²) in [6, 6.07) is 9.91. The third-order valence-electron chi connectivity index (χ3n) is 4.79. The standard InChI is InChI=1S/C23H41O3P/c1-3-5-7-9-11-16-20-25-27(24,22-23-18-14-13-15-19-23)26-21-17-12-10-8-6-4-2/h13-15,18-19H,3-12,16-17,20-22H2,1-2H3. The van der Waals surface area contributed by atoms with Gasteiger partial charge in [-0.1, -0.05) is 108 Å². The van der Waals surface area contributed by atoms with Crippen molar-refractivity contribution >= 4 is 7.60 Å². The lowest BCUT2D eigenvalue weighted by Gasteiger charge is -2.19. The fourth-order valence-corrected chi connectivity index (χ4v) is 4.84. The van der Waals surface area contributed by atoms with Gasteiger partial charge in [-0.25, -0.2) is 0 Å². The maximum Gasteiger partial charge on any atom is 0.335 e. The Morgan fingerprint density at radius 1 is 0.667 bits per heavy atom. The molecule has 0 aliphatic carbocycles. The van der Waals surface area contributed by atoms with Crippen molar-refractivity contribution in [3.63, 3.8) is 0 Å². The van der Waals surface area contributed by atoms with Crippen molar-refractivity contribution in [1.82, 2.24) is 0 Å². The SMILES string of the molecule is CCCCCCCCOP(=O)(Cc1ccccc1)OCCCCCCCC. The van der Waals surface area contributed by atoms with E-state index in [1.165, 1.54) is 51.4 Å². The fourth-order valence-electron chi connectivity index (χ4n) is 3.11. The van der Waals surface area contributed by atoms with Gasteiger partial charge in [0.05, 0.1) is 19.4 Å². The maximum absolute atomic E-state index is 13.2. The molecular weight excluding hydrogens is 355 g/mol. The van der Waals surface area contributed by atoms with Crippen LogP contribution in [0.1, 0.15) is 96.5 Å². The normalized spacial score (nSPS) is 11.8. The number of unbranched alkanes of at least 4 members (excludes halogenated alkanes) is 10. The summed E-state index contributed by atoms with van der Waals surface area (Å²) in [5, 5.41) is 0. The Bertz CT molecular complexity index is 468. The molecule has 0 aromatic heterocycles. The molecule has 3 nitrogen and oxygen atoms in total. The zero-order valence-corrected chi connectivity index (χ0v) is 18.6. The van der Waals surface area contributed by atoms with Gasteiger partial charge in [0.2, 0.25) is 0 Å². The summed E-state index contributed by atoms with van der Waals surface area (Å²) in [5.74, 6) is 0. The molecular formula is C23H41O3P. The van der Waals surface area contributed by atoms with E-state index < -0.39 is 7.60 Å². The minimum absolute atomic E-state index is 0.375. The molecule has 1 rings (SSSR count). The van der Waals surface area contributed by atoms with Gasteiger partial charge >= 0.3 is 7.60 Å². The average Bonchev–Trinajstić information content (AvgIpc) is 2.67. The van der Waals surface area contributed by atoms with Gasteiger partial charge in [-0.3, -0.25) is 4.57 Å². The van der Waals surface area contributed by atoms with E-state index in [1.54, 1.807) is 0 Å². The van der Waals surface area contributed by atoms with Crippen LogP contribution in [-0.4, -0.2) is 13.2 Å². The first-order chi connectivity index (χ1) is 13.2. The Kier molecular flexibility index (Phi) is 14.8. The summed E-state index contributed by atoms with van der Waals surface area (Å²) < 4.78 is 24.8. The first-order valence-corrected chi connectivity index (χ1v) is 12.8. The van der Waals surface area contributed by atoms with Crippen LogP contribution < -0.4 is 0 Å². The molecule has 0 aliphatic rings. The highest BCUT2D eigenvalue weighted by Gasteiger charge is 2.24. The average molecular weight is 397 g/mol. The first-order valence-electron chi connectivity index (χ1n) is 11.1. The summed E-state index contributed by atoms with van der Waals surface area (Å²) in [6.07, 6.45) is 14.7. The van der Waals surface area contributed by atoms with Crippen LogP contribution in [0, 0.1) is 0 Å². The van der Waals surface area contributed by atoms with E-state index in [2.05, 4.69) is 13.8 Å². The van der Waals surface area contributed by atoms with Gasteiger partial charge in [-0.2, -0.15) is 0 Å². The van der Waals surface area contributed by atoms with Crippen molar-refractivity contribution < 1.29 is 13.6 Å². The Morgan fingerprint density at radius 3 is 1.59 bits per heavy atom. The van der Waals surface area contributed by atoms with E-state index in [-0.39, 0.29) is 0 Å². The van der Waals surface area contributed by atoms with E-state index in [1.807, 2.05) is 30.3 Å². The van der Waals surface area contributed by atoms with Crippen LogP contribution in [-0.2, 0) is 19.8 Å². The monoisotopic (exact) mass is 396 g/mol. The summed E-state index contributed by atoms with van der Waals surface area (Å²) >= 11 is 0. The smallest absolute Gasteiger partial charge is 0.308 e. The van der Waals surface area contributed by atoms with Crippen LogP contribution in [0.25, 0.3) is 0 Å². The summed E-state index contributed by atoms with van der Waals surface area (Å²) in [6.45, 7) is 5.52. The molecule has 0 spiro atoms. The Hall–Kier alpha value is -0.630. The minimum Gasteiger partial charge on any atom is -0.308 e. The largest absolute Gasteiger partial charge is 0.335 e. The molecule has 0 heterocycles. The van der Waals surface area contributed by atoms with Gasteiger partial charge in [0.1, 0.15) is 0 Å². The molecule has 0 radical (unpaired) electrons. The summed E-state index contributed by atoms with van der Waals surface area (Å²) in [5.41, 5.74) is 1.02.